The van der Waals surface area contributed by atoms with Gasteiger partial charge < -0.3 is 9.84 Å². The Morgan fingerprint density at radius 1 is 1.47 bits per heavy atom. The molecule has 7 nitrogen and oxygen atoms in total. The smallest absolute Gasteiger partial charge is 0.344 e. The van der Waals surface area contributed by atoms with Crippen molar-refractivity contribution < 1.29 is 14.6 Å². The Hall–Kier alpha value is -1.28. The molecule has 0 spiro atoms. The van der Waals surface area contributed by atoms with E-state index in [4.69, 9.17) is 9.84 Å². The van der Waals surface area contributed by atoms with Crippen LogP contribution < -0.4 is 5.69 Å². The molecule has 2 atom stereocenters. The Morgan fingerprint density at radius 3 is 2.89 bits per heavy atom. The number of rotatable bonds is 5. The van der Waals surface area contributed by atoms with Crippen LogP contribution in [-0.2, 0) is 9.53 Å². The minimum atomic E-state index is -0.901. The Kier molecular flexibility index (Phi) is 3.36. The molecular formula is C11H15N3O4S. The summed E-state index contributed by atoms with van der Waals surface area (Å²) in [5.41, 5.74) is -0.166. The number of aliphatic carboxylic acids is 1. The number of H-pyrrole nitrogens is 1. The molecule has 8 heteroatoms. The van der Waals surface area contributed by atoms with Gasteiger partial charge in [0.25, 0.3) is 0 Å². The minimum Gasteiger partial charge on any atom is -0.479 e. The van der Waals surface area contributed by atoms with Crippen molar-refractivity contribution in [1.82, 2.24) is 14.8 Å². The molecule has 3 rings (SSSR count). The summed E-state index contributed by atoms with van der Waals surface area (Å²) >= 11 is 1.45. The number of hydrogen-bond acceptors (Lipinski definition) is 5. The zero-order valence-electron chi connectivity index (χ0n) is 10.2. The SMILES string of the molecule is O=C(O)C1CCC(CSc2n[nH]c(=O)n2C2CC2)O1. The van der Waals surface area contributed by atoms with E-state index in [2.05, 4.69) is 10.2 Å². The highest BCUT2D eigenvalue weighted by Gasteiger charge is 2.32. The maximum absolute atomic E-state index is 11.6. The maximum Gasteiger partial charge on any atom is 0.344 e. The third-order valence-electron chi connectivity index (χ3n) is 3.37. The summed E-state index contributed by atoms with van der Waals surface area (Å²) in [7, 11) is 0. The lowest BCUT2D eigenvalue weighted by atomic mass is 10.2. The second kappa shape index (κ2) is 5.01. The van der Waals surface area contributed by atoms with Crippen LogP contribution >= 0.6 is 11.8 Å². The largest absolute Gasteiger partial charge is 0.479 e. The number of carboxylic acids is 1. The number of nitrogens with one attached hydrogen (secondary N) is 1. The van der Waals surface area contributed by atoms with Crippen LogP contribution in [0.2, 0.25) is 0 Å². The van der Waals surface area contributed by atoms with Crippen LogP contribution in [0.1, 0.15) is 31.7 Å². The first-order valence-corrected chi connectivity index (χ1v) is 7.31. The molecule has 2 aliphatic rings. The van der Waals surface area contributed by atoms with Gasteiger partial charge in [0, 0.05) is 11.8 Å². The van der Waals surface area contributed by atoms with Crippen LogP contribution in [0.15, 0.2) is 9.95 Å². The van der Waals surface area contributed by atoms with Crippen molar-refractivity contribution in [3.8, 4) is 0 Å². The lowest BCUT2D eigenvalue weighted by Crippen LogP contribution is -2.21. The summed E-state index contributed by atoms with van der Waals surface area (Å²) in [6.07, 6.45) is 2.57. The first-order valence-electron chi connectivity index (χ1n) is 6.33. The van der Waals surface area contributed by atoms with Crippen LogP contribution in [0.25, 0.3) is 0 Å². The quantitative estimate of drug-likeness (QED) is 0.770. The molecule has 0 radical (unpaired) electrons. The monoisotopic (exact) mass is 285 g/mol. The van der Waals surface area contributed by atoms with Gasteiger partial charge in [-0.2, -0.15) is 0 Å². The standard InChI is InChI=1S/C11H15N3O4S/c15-9(16)8-4-3-7(18-8)5-19-11-13-12-10(17)14(11)6-1-2-6/h6-8H,1-5H2,(H,12,17)(H,15,16). The van der Waals surface area contributed by atoms with Gasteiger partial charge in [-0.1, -0.05) is 11.8 Å². The van der Waals surface area contributed by atoms with E-state index < -0.39 is 12.1 Å². The maximum atomic E-state index is 11.6. The van der Waals surface area contributed by atoms with Gasteiger partial charge in [0.2, 0.25) is 0 Å². The zero-order chi connectivity index (χ0) is 13.4. The zero-order valence-corrected chi connectivity index (χ0v) is 11.1. The molecule has 2 N–H and O–H groups in total. The van der Waals surface area contributed by atoms with Gasteiger partial charge in [-0.3, -0.25) is 4.57 Å². The summed E-state index contributed by atoms with van der Waals surface area (Å²) in [4.78, 5) is 22.4. The molecule has 0 bridgehead atoms. The molecule has 1 saturated carbocycles. The number of ether oxygens (including phenoxy) is 1. The lowest BCUT2D eigenvalue weighted by molar-refractivity contribution is -0.148. The van der Waals surface area contributed by atoms with E-state index >= 15 is 0 Å². The number of aromatic amines is 1. The molecule has 0 amide bonds. The van der Waals surface area contributed by atoms with Gasteiger partial charge in [-0.25, -0.2) is 14.7 Å². The summed E-state index contributed by atoms with van der Waals surface area (Å²) in [6, 6.07) is 0.282. The van der Waals surface area contributed by atoms with E-state index in [1.807, 2.05) is 0 Å². The van der Waals surface area contributed by atoms with Gasteiger partial charge in [0.15, 0.2) is 11.3 Å². The molecule has 104 valence electrons. The number of aromatic nitrogens is 3. The fourth-order valence-corrected chi connectivity index (χ4v) is 3.29. The second-order valence-corrected chi connectivity index (χ2v) is 5.87. The van der Waals surface area contributed by atoms with Crippen LogP contribution in [0.4, 0.5) is 0 Å². The lowest BCUT2D eigenvalue weighted by Gasteiger charge is -2.10. The van der Waals surface area contributed by atoms with Crippen LogP contribution in [0.5, 0.6) is 0 Å². The summed E-state index contributed by atoms with van der Waals surface area (Å²) < 4.78 is 7.11. The number of hydrogen-bond donors (Lipinski definition) is 2. The van der Waals surface area contributed by atoms with Crippen LogP contribution in [-0.4, -0.2) is 43.8 Å². The van der Waals surface area contributed by atoms with Crippen molar-refractivity contribution in [2.24, 2.45) is 0 Å². The number of thioether (sulfide) groups is 1. The number of carboxylic acid groups (broad SMARTS) is 1. The molecular weight excluding hydrogens is 270 g/mol. The van der Waals surface area contributed by atoms with E-state index in [1.54, 1.807) is 4.57 Å². The summed E-state index contributed by atoms with van der Waals surface area (Å²) in [5, 5.41) is 16.0. The van der Waals surface area contributed by atoms with E-state index in [0.29, 0.717) is 17.3 Å². The highest BCUT2D eigenvalue weighted by Crippen LogP contribution is 2.36. The molecule has 1 aliphatic carbocycles. The van der Waals surface area contributed by atoms with E-state index in [1.165, 1.54) is 11.8 Å². The van der Waals surface area contributed by atoms with Crippen molar-refractivity contribution >= 4 is 17.7 Å². The van der Waals surface area contributed by atoms with Crippen molar-refractivity contribution in [1.29, 1.82) is 0 Å². The Balaban J connectivity index is 1.58. The molecule has 1 saturated heterocycles. The van der Waals surface area contributed by atoms with Crippen molar-refractivity contribution in [3.63, 3.8) is 0 Å². The van der Waals surface area contributed by atoms with Gasteiger partial charge in [-0.15, -0.1) is 5.10 Å². The molecule has 2 fully saturated rings. The second-order valence-electron chi connectivity index (χ2n) is 4.89. The van der Waals surface area contributed by atoms with E-state index in [9.17, 15) is 9.59 Å². The first kappa shape index (κ1) is 12.7. The summed E-state index contributed by atoms with van der Waals surface area (Å²) in [6.45, 7) is 0. The van der Waals surface area contributed by atoms with Gasteiger partial charge in [0.05, 0.1) is 6.10 Å². The van der Waals surface area contributed by atoms with Crippen molar-refractivity contribution in [2.75, 3.05) is 5.75 Å². The number of carbonyl (C=O) groups is 1. The first-order chi connectivity index (χ1) is 9.15. The van der Waals surface area contributed by atoms with Gasteiger partial charge in [-0.05, 0) is 25.7 Å². The predicted octanol–water partition coefficient (Wildman–Crippen LogP) is 0.631. The fraction of sp³-hybridized carbons (Fsp3) is 0.727. The Morgan fingerprint density at radius 2 is 2.26 bits per heavy atom. The fourth-order valence-electron chi connectivity index (χ4n) is 2.22. The van der Waals surface area contributed by atoms with Crippen LogP contribution in [0.3, 0.4) is 0 Å². The predicted molar refractivity (Wildman–Crippen MR) is 67.4 cm³/mol. The van der Waals surface area contributed by atoms with E-state index in [-0.39, 0.29) is 17.8 Å². The number of nitrogens with zero attached hydrogens (tertiary/aromatic N) is 2. The highest BCUT2D eigenvalue weighted by molar-refractivity contribution is 7.99. The van der Waals surface area contributed by atoms with Crippen LogP contribution in [0, 0.1) is 0 Å². The molecule has 1 aliphatic heterocycles. The molecule has 1 aromatic heterocycles. The average molecular weight is 285 g/mol. The third-order valence-corrected chi connectivity index (χ3v) is 4.45. The average Bonchev–Trinajstić information content (AvgIpc) is 2.97. The van der Waals surface area contributed by atoms with E-state index in [0.717, 1.165) is 19.3 Å². The Labute approximate surface area is 113 Å². The highest BCUT2D eigenvalue weighted by atomic mass is 32.2. The molecule has 1 aromatic rings. The molecule has 0 aromatic carbocycles. The normalized spacial score (nSPS) is 26.7. The minimum absolute atomic E-state index is 0.0782. The Bertz CT molecular complexity index is 536. The molecule has 2 unspecified atom stereocenters. The topological polar surface area (TPSA) is 97.2 Å². The van der Waals surface area contributed by atoms with Gasteiger partial charge in [0.1, 0.15) is 0 Å². The third kappa shape index (κ3) is 2.69. The van der Waals surface area contributed by atoms with Crippen molar-refractivity contribution in [3.05, 3.63) is 10.5 Å². The van der Waals surface area contributed by atoms with Crippen molar-refractivity contribution in [2.45, 2.75) is 49.1 Å². The molecule has 2 heterocycles. The summed E-state index contributed by atoms with van der Waals surface area (Å²) in [5.74, 6) is -0.275. The van der Waals surface area contributed by atoms with Gasteiger partial charge >= 0.3 is 11.7 Å². The molecule has 19 heavy (non-hydrogen) atoms.